The SMILES string of the molecule is CCN(Cc1cccc(C)n1)c1ccc(C(N)=S)cc1Br. The molecule has 2 N–H and O–H groups in total. The van der Waals surface area contributed by atoms with Gasteiger partial charge in [-0.1, -0.05) is 18.3 Å². The van der Waals surface area contributed by atoms with Crippen molar-refractivity contribution in [2.24, 2.45) is 5.73 Å². The van der Waals surface area contributed by atoms with E-state index in [1.165, 1.54) is 0 Å². The van der Waals surface area contributed by atoms with Gasteiger partial charge in [0.2, 0.25) is 0 Å². The molecule has 0 aliphatic carbocycles. The molecule has 0 saturated heterocycles. The number of benzene rings is 1. The number of aromatic nitrogens is 1. The summed E-state index contributed by atoms with van der Waals surface area (Å²) in [7, 11) is 0. The first-order valence-corrected chi connectivity index (χ1v) is 7.98. The van der Waals surface area contributed by atoms with Crippen LogP contribution < -0.4 is 10.6 Å². The summed E-state index contributed by atoms with van der Waals surface area (Å²) < 4.78 is 0.988. The molecule has 1 heterocycles. The molecule has 5 heteroatoms. The van der Waals surface area contributed by atoms with Crippen LogP contribution >= 0.6 is 28.1 Å². The van der Waals surface area contributed by atoms with E-state index in [4.69, 9.17) is 18.0 Å². The Bertz CT molecular complexity index is 658. The molecule has 0 atom stereocenters. The fourth-order valence-corrected chi connectivity index (χ4v) is 2.92. The van der Waals surface area contributed by atoms with Crippen LogP contribution in [0.4, 0.5) is 5.69 Å². The van der Waals surface area contributed by atoms with Crippen molar-refractivity contribution in [3.63, 3.8) is 0 Å². The standard InChI is InChI=1S/C16H18BrN3S/c1-3-20(10-13-6-4-5-11(2)19-13)15-8-7-12(16(18)21)9-14(15)17/h4-9H,3,10H2,1-2H3,(H2,18,21). The molecule has 21 heavy (non-hydrogen) atoms. The zero-order valence-corrected chi connectivity index (χ0v) is 14.5. The van der Waals surface area contributed by atoms with E-state index >= 15 is 0 Å². The molecule has 2 aromatic rings. The summed E-state index contributed by atoms with van der Waals surface area (Å²) in [6, 6.07) is 12.0. The average Bonchev–Trinajstić information content (AvgIpc) is 2.45. The minimum absolute atomic E-state index is 0.408. The Balaban J connectivity index is 2.27. The molecule has 0 spiro atoms. The topological polar surface area (TPSA) is 42.2 Å². The van der Waals surface area contributed by atoms with Crippen molar-refractivity contribution in [1.29, 1.82) is 0 Å². The van der Waals surface area contributed by atoms with E-state index in [1.807, 2.05) is 43.3 Å². The molecule has 1 aromatic heterocycles. The third kappa shape index (κ3) is 4.02. The van der Waals surface area contributed by atoms with Crippen LogP contribution in [-0.4, -0.2) is 16.5 Å². The summed E-state index contributed by atoms with van der Waals surface area (Å²) in [5, 5.41) is 0. The zero-order chi connectivity index (χ0) is 15.4. The first kappa shape index (κ1) is 15.9. The van der Waals surface area contributed by atoms with Gasteiger partial charge in [-0.2, -0.15) is 0 Å². The highest BCUT2D eigenvalue weighted by atomic mass is 79.9. The van der Waals surface area contributed by atoms with Crippen LogP contribution in [0.1, 0.15) is 23.9 Å². The quantitative estimate of drug-likeness (QED) is 0.820. The Morgan fingerprint density at radius 3 is 2.67 bits per heavy atom. The largest absolute Gasteiger partial charge is 0.389 e. The minimum Gasteiger partial charge on any atom is -0.389 e. The Hall–Kier alpha value is -1.46. The lowest BCUT2D eigenvalue weighted by Crippen LogP contribution is -2.23. The van der Waals surface area contributed by atoms with Gasteiger partial charge in [0.1, 0.15) is 4.99 Å². The first-order valence-electron chi connectivity index (χ1n) is 6.78. The van der Waals surface area contributed by atoms with Crippen molar-refractivity contribution in [3.8, 4) is 0 Å². The van der Waals surface area contributed by atoms with Crippen molar-refractivity contribution >= 4 is 38.8 Å². The number of halogens is 1. The second kappa shape index (κ2) is 7.00. The highest BCUT2D eigenvalue weighted by molar-refractivity contribution is 9.10. The molecule has 1 aromatic carbocycles. The molecular formula is C16H18BrN3S. The van der Waals surface area contributed by atoms with Crippen LogP contribution in [0.3, 0.4) is 0 Å². The molecular weight excluding hydrogens is 346 g/mol. The lowest BCUT2D eigenvalue weighted by Gasteiger charge is -2.24. The van der Waals surface area contributed by atoms with Crippen LogP contribution in [0, 0.1) is 6.92 Å². The normalized spacial score (nSPS) is 10.4. The Kier molecular flexibility index (Phi) is 5.31. The van der Waals surface area contributed by atoms with Crippen LogP contribution in [0.15, 0.2) is 40.9 Å². The fourth-order valence-electron chi connectivity index (χ4n) is 2.17. The maximum Gasteiger partial charge on any atom is 0.104 e. The van der Waals surface area contributed by atoms with Gasteiger partial charge >= 0.3 is 0 Å². The number of pyridine rings is 1. The maximum atomic E-state index is 5.67. The van der Waals surface area contributed by atoms with Gasteiger partial charge in [-0.05, 0) is 60.1 Å². The van der Waals surface area contributed by atoms with Gasteiger partial charge in [0.05, 0.1) is 17.9 Å². The molecule has 0 unspecified atom stereocenters. The van der Waals surface area contributed by atoms with Crippen LogP contribution in [0.2, 0.25) is 0 Å². The summed E-state index contributed by atoms with van der Waals surface area (Å²) in [5.74, 6) is 0. The van der Waals surface area contributed by atoms with Crippen LogP contribution in [-0.2, 0) is 6.54 Å². The smallest absolute Gasteiger partial charge is 0.104 e. The number of anilines is 1. The number of nitrogens with zero attached hydrogens (tertiary/aromatic N) is 2. The van der Waals surface area contributed by atoms with Crippen molar-refractivity contribution in [1.82, 2.24) is 4.98 Å². The summed E-state index contributed by atoms with van der Waals surface area (Å²) in [6.07, 6.45) is 0. The highest BCUT2D eigenvalue weighted by Gasteiger charge is 2.11. The van der Waals surface area contributed by atoms with Crippen molar-refractivity contribution in [3.05, 3.63) is 57.8 Å². The maximum absolute atomic E-state index is 5.67. The zero-order valence-electron chi connectivity index (χ0n) is 12.1. The number of rotatable bonds is 5. The Morgan fingerprint density at radius 2 is 2.10 bits per heavy atom. The van der Waals surface area contributed by atoms with Gasteiger partial charge in [0.25, 0.3) is 0 Å². The van der Waals surface area contributed by atoms with E-state index in [0.717, 1.165) is 40.2 Å². The number of thiocarbonyl (C=S) groups is 1. The third-order valence-electron chi connectivity index (χ3n) is 3.25. The van der Waals surface area contributed by atoms with Crippen molar-refractivity contribution in [2.45, 2.75) is 20.4 Å². The molecule has 0 fully saturated rings. The summed E-state index contributed by atoms with van der Waals surface area (Å²) in [4.78, 5) is 7.23. The van der Waals surface area contributed by atoms with Gasteiger partial charge in [0.15, 0.2) is 0 Å². The Labute approximate surface area is 139 Å². The van der Waals surface area contributed by atoms with E-state index in [9.17, 15) is 0 Å². The summed E-state index contributed by atoms with van der Waals surface area (Å²) in [6.45, 7) is 5.79. The predicted octanol–water partition coefficient (Wildman–Crippen LogP) is 3.81. The second-order valence-corrected chi connectivity index (χ2v) is 6.11. The summed E-state index contributed by atoms with van der Waals surface area (Å²) >= 11 is 8.62. The number of hydrogen-bond acceptors (Lipinski definition) is 3. The predicted molar refractivity (Wildman–Crippen MR) is 95.7 cm³/mol. The van der Waals surface area contributed by atoms with Gasteiger partial charge in [-0.3, -0.25) is 4.98 Å². The third-order valence-corrected chi connectivity index (χ3v) is 4.12. The molecule has 0 bridgehead atoms. The Morgan fingerprint density at radius 1 is 1.33 bits per heavy atom. The van der Waals surface area contributed by atoms with Crippen LogP contribution in [0.25, 0.3) is 0 Å². The van der Waals surface area contributed by atoms with Gasteiger partial charge in [-0.25, -0.2) is 0 Å². The van der Waals surface area contributed by atoms with Gasteiger partial charge in [-0.15, -0.1) is 0 Å². The van der Waals surface area contributed by atoms with E-state index in [2.05, 4.69) is 32.7 Å². The molecule has 0 aliphatic rings. The lowest BCUT2D eigenvalue weighted by molar-refractivity contribution is 0.804. The highest BCUT2D eigenvalue weighted by Crippen LogP contribution is 2.28. The molecule has 3 nitrogen and oxygen atoms in total. The first-order chi connectivity index (χ1) is 10.0. The summed E-state index contributed by atoms with van der Waals surface area (Å²) in [5.41, 5.74) is 9.74. The minimum atomic E-state index is 0.408. The fraction of sp³-hybridized carbons (Fsp3) is 0.250. The molecule has 2 rings (SSSR count). The van der Waals surface area contributed by atoms with Gasteiger partial charge < -0.3 is 10.6 Å². The number of aryl methyl sites for hydroxylation is 1. The van der Waals surface area contributed by atoms with E-state index in [1.54, 1.807) is 0 Å². The van der Waals surface area contributed by atoms with Crippen LogP contribution in [0.5, 0.6) is 0 Å². The molecule has 0 radical (unpaired) electrons. The van der Waals surface area contributed by atoms with E-state index < -0.39 is 0 Å². The second-order valence-electron chi connectivity index (χ2n) is 4.81. The average molecular weight is 364 g/mol. The van der Waals surface area contributed by atoms with Crippen molar-refractivity contribution in [2.75, 3.05) is 11.4 Å². The van der Waals surface area contributed by atoms with E-state index in [-0.39, 0.29) is 0 Å². The van der Waals surface area contributed by atoms with Crippen molar-refractivity contribution < 1.29 is 0 Å². The molecule has 0 saturated carbocycles. The molecule has 0 aliphatic heterocycles. The number of nitrogens with two attached hydrogens (primary N) is 1. The number of hydrogen-bond donors (Lipinski definition) is 1. The monoisotopic (exact) mass is 363 g/mol. The lowest BCUT2D eigenvalue weighted by atomic mass is 10.2. The molecule has 0 amide bonds. The van der Waals surface area contributed by atoms with Gasteiger partial charge in [0, 0.05) is 22.3 Å². The molecule has 110 valence electrons. The van der Waals surface area contributed by atoms with E-state index in [0.29, 0.717) is 4.99 Å².